The number of nitrogens with zero attached hydrogens (tertiary/aromatic N) is 1. The van der Waals surface area contributed by atoms with Crippen LogP contribution in [0.5, 0.6) is 0 Å². The summed E-state index contributed by atoms with van der Waals surface area (Å²) in [5, 5.41) is 8.74. The topological polar surface area (TPSA) is 117 Å². The molecule has 1 amide bonds. The predicted octanol–water partition coefficient (Wildman–Crippen LogP) is 0.0428. The number of nitrogens with one attached hydrogen (secondary N) is 1. The normalized spacial score (nSPS) is 11.3. The average Bonchev–Trinajstić information content (AvgIpc) is 2.78. The van der Waals surface area contributed by atoms with Crippen molar-refractivity contribution < 1.29 is 27.5 Å². The molecule has 0 saturated heterocycles. The molecule has 0 saturated carbocycles. The van der Waals surface area contributed by atoms with Crippen LogP contribution in [0.25, 0.3) is 0 Å². The second-order valence-electron chi connectivity index (χ2n) is 4.07. The minimum absolute atomic E-state index is 0.0498. The average molecular weight is 304 g/mol. The van der Waals surface area contributed by atoms with Crippen LogP contribution in [0.2, 0.25) is 0 Å². The van der Waals surface area contributed by atoms with Crippen molar-refractivity contribution >= 4 is 21.9 Å². The maximum absolute atomic E-state index is 12.0. The van der Waals surface area contributed by atoms with Gasteiger partial charge in [0.2, 0.25) is 21.7 Å². The van der Waals surface area contributed by atoms with E-state index in [2.05, 4.69) is 4.72 Å². The maximum atomic E-state index is 12.0. The molecule has 0 spiro atoms. The van der Waals surface area contributed by atoms with Gasteiger partial charge in [0.05, 0.1) is 6.54 Å². The lowest BCUT2D eigenvalue weighted by molar-refractivity contribution is -0.128. The van der Waals surface area contributed by atoms with Crippen molar-refractivity contribution in [3.05, 3.63) is 17.6 Å². The quantitative estimate of drug-likeness (QED) is 0.766. The van der Waals surface area contributed by atoms with E-state index in [-0.39, 0.29) is 10.7 Å². The van der Waals surface area contributed by atoms with Gasteiger partial charge in [0.25, 0.3) is 0 Å². The monoisotopic (exact) mass is 304 g/mol. The minimum Gasteiger partial charge on any atom is -0.475 e. The number of likely N-dealkylation sites (N-methyl/N-ethyl adjacent to an activating group) is 1. The molecule has 0 unspecified atom stereocenters. The molecule has 0 aliphatic heterocycles. The van der Waals surface area contributed by atoms with Gasteiger partial charge in [0, 0.05) is 19.7 Å². The molecule has 112 valence electrons. The van der Waals surface area contributed by atoms with E-state index in [1.54, 1.807) is 14.0 Å². The van der Waals surface area contributed by atoms with Gasteiger partial charge in [-0.05, 0) is 13.8 Å². The fourth-order valence-corrected chi connectivity index (χ4v) is 2.53. The Morgan fingerprint density at radius 1 is 1.45 bits per heavy atom. The van der Waals surface area contributed by atoms with E-state index in [1.165, 1.54) is 11.8 Å². The van der Waals surface area contributed by atoms with Gasteiger partial charge >= 0.3 is 5.97 Å². The van der Waals surface area contributed by atoms with Crippen molar-refractivity contribution in [3.63, 3.8) is 0 Å². The Morgan fingerprint density at radius 3 is 2.50 bits per heavy atom. The van der Waals surface area contributed by atoms with E-state index in [4.69, 9.17) is 9.52 Å². The second-order valence-corrected chi connectivity index (χ2v) is 5.80. The van der Waals surface area contributed by atoms with Gasteiger partial charge in [-0.3, -0.25) is 4.79 Å². The molecule has 0 aliphatic carbocycles. The van der Waals surface area contributed by atoms with Crippen LogP contribution in [0.15, 0.2) is 15.4 Å². The van der Waals surface area contributed by atoms with Crippen molar-refractivity contribution in [1.82, 2.24) is 9.62 Å². The summed E-state index contributed by atoms with van der Waals surface area (Å²) < 4.78 is 30.9. The lowest BCUT2D eigenvalue weighted by Crippen LogP contribution is -2.38. The minimum atomic E-state index is -4.00. The molecular weight excluding hydrogens is 288 g/mol. The first-order valence-corrected chi connectivity index (χ1v) is 7.24. The van der Waals surface area contributed by atoms with Gasteiger partial charge in [-0.1, -0.05) is 0 Å². The number of furan rings is 1. The zero-order chi connectivity index (χ0) is 15.5. The fourth-order valence-electron chi connectivity index (χ4n) is 1.38. The van der Waals surface area contributed by atoms with Crippen LogP contribution in [0.1, 0.15) is 23.2 Å². The molecule has 0 aliphatic rings. The van der Waals surface area contributed by atoms with Crippen LogP contribution in [-0.4, -0.2) is 50.4 Å². The van der Waals surface area contributed by atoms with Crippen LogP contribution >= 0.6 is 0 Å². The van der Waals surface area contributed by atoms with Gasteiger partial charge < -0.3 is 14.4 Å². The molecule has 8 nitrogen and oxygen atoms in total. The molecule has 0 atom stereocenters. The molecule has 0 bridgehead atoms. The summed E-state index contributed by atoms with van der Waals surface area (Å²) in [5.41, 5.74) is 0. The number of carbonyl (C=O) groups excluding carboxylic acids is 1. The lowest BCUT2D eigenvalue weighted by Gasteiger charge is -2.14. The third-order valence-electron chi connectivity index (χ3n) is 2.69. The van der Waals surface area contributed by atoms with Crippen LogP contribution in [0.3, 0.4) is 0 Å². The standard InChI is InChI=1S/C11H16N2O6S/c1-4-13(3)10(14)6-12-20(17,18)9-5-8(11(15)16)19-7(9)2/h5,12H,4,6H2,1-3H3,(H,15,16). The molecule has 0 radical (unpaired) electrons. The van der Waals surface area contributed by atoms with Crippen molar-refractivity contribution in [2.24, 2.45) is 0 Å². The summed E-state index contributed by atoms with van der Waals surface area (Å²) in [6.45, 7) is 3.14. The van der Waals surface area contributed by atoms with E-state index in [0.717, 1.165) is 6.07 Å². The van der Waals surface area contributed by atoms with Crippen LogP contribution < -0.4 is 4.72 Å². The molecule has 0 aromatic carbocycles. The third kappa shape index (κ3) is 3.58. The van der Waals surface area contributed by atoms with E-state index < -0.39 is 34.2 Å². The number of rotatable bonds is 6. The van der Waals surface area contributed by atoms with Crippen molar-refractivity contribution in [1.29, 1.82) is 0 Å². The largest absolute Gasteiger partial charge is 0.475 e. The number of aromatic carboxylic acids is 1. The lowest BCUT2D eigenvalue weighted by atomic mass is 10.4. The third-order valence-corrected chi connectivity index (χ3v) is 4.19. The maximum Gasteiger partial charge on any atom is 0.371 e. The number of carboxylic acid groups (broad SMARTS) is 1. The zero-order valence-corrected chi connectivity index (χ0v) is 12.2. The van der Waals surface area contributed by atoms with Gasteiger partial charge in [0.15, 0.2) is 0 Å². The van der Waals surface area contributed by atoms with Gasteiger partial charge in [-0.25, -0.2) is 17.9 Å². The Hall–Kier alpha value is -1.87. The molecule has 20 heavy (non-hydrogen) atoms. The Bertz CT molecular complexity index is 619. The highest BCUT2D eigenvalue weighted by Gasteiger charge is 2.24. The summed E-state index contributed by atoms with van der Waals surface area (Å²) in [4.78, 5) is 23.3. The fraction of sp³-hybridized carbons (Fsp3) is 0.455. The molecule has 2 N–H and O–H groups in total. The van der Waals surface area contributed by atoms with Crippen LogP contribution in [0.4, 0.5) is 0 Å². The highest BCUT2D eigenvalue weighted by Crippen LogP contribution is 2.19. The highest BCUT2D eigenvalue weighted by atomic mass is 32.2. The number of amides is 1. The number of carboxylic acids is 1. The first-order chi connectivity index (χ1) is 9.19. The molecule has 1 aromatic heterocycles. The molecular formula is C11H16N2O6S. The zero-order valence-electron chi connectivity index (χ0n) is 11.3. The smallest absolute Gasteiger partial charge is 0.371 e. The van der Waals surface area contributed by atoms with Crippen molar-refractivity contribution in [2.75, 3.05) is 20.1 Å². The SMILES string of the molecule is CCN(C)C(=O)CNS(=O)(=O)c1cc(C(=O)O)oc1C. The summed E-state index contributed by atoms with van der Waals surface area (Å²) in [7, 11) is -2.45. The highest BCUT2D eigenvalue weighted by molar-refractivity contribution is 7.89. The van der Waals surface area contributed by atoms with Gasteiger partial charge in [-0.2, -0.15) is 0 Å². The Balaban J connectivity index is 2.89. The van der Waals surface area contributed by atoms with E-state index in [0.29, 0.717) is 6.54 Å². The number of sulfonamides is 1. The number of hydrogen-bond donors (Lipinski definition) is 2. The Morgan fingerprint density at radius 2 is 2.05 bits per heavy atom. The van der Waals surface area contributed by atoms with Crippen molar-refractivity contribution in [3.8, 4) is 0 Å². The number of aryl methyl sites for hydroxylation is 1. The molecule has 1 heterocycles. The van der Waals surface area contributed by atoms with Crippen molar-refractivity contribution in [2.45, 2.75) is 18.7 Å². The molecule has 1 aromatic rings. The summed E-state index contributed by atoms with van der Waals surface area (Å²) in [6.07, 6.45) is 0. The molecule has 9 heteroatoms. The molecule has 1 rings (SSSR count). The Kier molecular flexibility index (Phi) is 4.90. The molecule has 0 fully saturated rings. The van der Waals surface area contributed by atoms with Crippen LogP contribution in [-0.2, 0) is 14.8 Å². The summed E-state index contributed by atoms with van der Waals surface area (Å²) in [5.74, 6) is -2.28. The van der Waals surface area contributed by atoms with Gasteiger partial charge in [-0.15, -0.1) is 0 Å². The van der Waals surface area contributed by atoms with E-state index >= 15 is 0 Å². The predicted molar refractivity (Wildman–Crippen MR) is 68.9 cm³/mol. The number of carbonyl (C=O) groups is 2. The first kappa shape index (κ1) is 16.2. The number of hydrogen-bond acceptors (Lipinski definition) is 5. The summed E-state index contributed by atoms with van der Waals surface area (Å²) in [6, 6.07) is 0.911. The van der Waals surface area contributed by atoms with E-state index in [1.807, 2.05) is 0 Å². The van der Waals surface area contributed by atoms with Gasteiger partial charge in [0.1, 0.15) is 10.7 Å². The van der Waals surface area contributed by atoms with E-state index in [9.17, 15) is 18.0 Å². The Labute approximate surface area is 116 Å². The second kappa shape index (κ2) is 6.06. The van der Waals surface area contributed by atoms with Crippen LogP contribution in [0, 0.1) is 6.92 Å². The summed E-state index contributed by atoms with van der Waals surface area (Å²) >= 11 is 0. The first-order valence-electron chi connectivity index (χ1n) is 5.76.